The van der Waals surface area contributed by atoms with Crippen molar-refractivity contribution in [3.63, 3.8) is 0 Å². The zero-order valence-corrected chi connectivity index (χ0v) is 13.9. The monoisotopic (exact) mass is 330 g/mol. The largest absolute Gasteiger partial charge is 0.494 e. The van der Waals surface area contributed by atoms with Gasteiger partial charge in [0.15, 0.2) is 0 Å². The van der Waals surface area contributed by atoms with E-state index in [2.05, 4.69) is 9.88 Å². The number of morpholine rings is 1. The number of pyridine rings is 1. The lowest BCUT2D eigenvalue weighted by molar-refractivity contribution is 0.0358. The zero-order chi connectivity index (χ0) is 16.8. The summed E-state index contributed by atoms with van der Waals surface area (Å²) in [5.74, 6) is 0.370. The van der Waals surface area contributed by atoms with Gasteiger partial charge < -0.3 is 14.2 Å². The summed E-state index contributed by atoms with van der Waals surface area (Å²) >= 11 is 0. The van der Waals surface area contributed by atoms with Crippen molar-refractivity contribution in [2.45, 2.75) is 6.42 Å². The van der Waals surface area contributed by atoms with E-state index in [1.54, 1.807) is 12.3 Å². The lowest BCUT2D eigenvalue weighted by Gasteiger charge is -2.26. The van der Waals surface area contributed by atoms with Crippen LogP contribution in [0.4, 0.5) is 0 Å². The van der Waals surface area contributed by atoms with Gasteiger partial charge in [0.2, 0.25) is 0 Å². The Morgan fingerprint density at radius 1 is 1.29 bits per heavy atom. The number of aromatic nitrogens is 1. The molecule has 0 radical (unpaired) electrons. The number of nitrogens with zero attached hydrogens (tertiary/aromatic N) is 2. The molecule has 0 atom stereocenters. The second kappa shape index (κ2) is 8.08. The van der Waals surface area contributed by atoms with Gasteiger partial charge in [0.1, 0.15) is 5.75 Å². The number of benzene rings is 1. The molecule has 1 aromatic carbocycles. The molecule has 0 amide bonds. The maximum Gasteiger partial charge on any atom is 0.338 e. The van der Waals surface area contributed by atoms with E-state index in [9.17, 15) is 4.79 Å². The molecule has 2 heterocycles. The molecule has 0 unspecified atom stereocenters. The molecule has 1 aromatic heterocycles. The minimum Gasteiger partial charge on any atom is -0.494 e. The summed E-state index contributed by atoms with van der Waals surface area (Å²) in [5.41, 5.74) is 1.25. The maximum absolute atomic E-state index is 11.9. The zero-order valence-electron chi connectivity index (χ0n) is 13.9. The number of carbonyl (C=O) groups excluding carboxylic acids is 1. The van der Waals surface area contributed by atoms with Gasteiger partial charge in [-0.25, -0.2) is 4.79 Å². The number of esters is 1. The molecular weight excluding hydrogens is 308 g/mol. The van der Waals surface area contributed by atoms with Crippen LogP contribution in [0.1, 0.15) is 16.8 Å². The fourth-order valence-electron chi connectivity index (χ4n) is 2.81. The molecule has 1 fully saturated rings. The number of carbonyl (C=O) groups is 1. The Morgan fingerprint density at radius 3 is 2.92 bits per heavy atom. The summed E-state index contributed by atoms with van der Waals surface area (Å²) in [7, 11) is 1.38. The van der Waals surface area contributed by atoms with Crippen LogP contribution in [-0.2, 0) is 9.47 Å². The van der Waals surface area contributed by atoms with Crippen LogP contribution < -0.4 is 4.74 Å². The average Bonchev–Trinajstić information content (AvgIpc) is 2.65. The van der Waals surface area contributed by atoms with Crippen LogP contribution in [0.15, 0.2) is 30.5 Å². The van der Waals surface area contributed by atoms with Gasteiger partial charge in [-0.2, -0.15) is 0 Å². The number of rotatable bonds is 6. The lowest BCUT2D eigenvalue weighted by Crippen LogP contribution is -2.37. The van der Waals surface area contributed by atoms with Crippen molar-refractivity contribution in [2.75, 3.05) is 46.6 Å². The van der Waals surface area contributed by atoms with Crippen LogP contribution in [0.5, 0.6) is 5.75 Å². The Hall–Kier alpha value is -2.18. The van der Waals surface area contributed by atoms with Gasteiger partial charge in [0, 0.05) is 31.2 Å². The second-order valence-electron chi connectivity index (χ2n) is 5.69. The van der Waals surface area contributed by atoms with Gasteiger partial charge in [-0.3, -0.25) is 9.88 Å². The molecule has 6 heteroatoms. The predicted octanol–water partition coefficient (Wildman–Crippen LogP) is 2.12. The summed E-state index contributed by atoms with van der Waals surface area (Å²) in [6, 6.07) is 7.25. The number of ether oxygens (including phenoxy) is 3. The van der Waals surface area contributed by atoms with Crippen LogP contribution in [-0.4, -0.2) is 62.4 Å². The third-order valence-corrected chi connectivity index (χ3v) is 4.11. The van der Waals surface area contributed by atoms with Crippen LogP contribution in [0.2, 0.25) is 0 Å². The third-order valence-electron chi connectivity index (χ3n) is 4.11. The SMILES string of the molecule is COC(=O)c1ccnc2ccc(OCCCN3CCOCC3)cc12. The molecule has 2 aromatic rings. The first-order chi connectivity index (χ1) is 11.8. The van der Waals surface area contributed by atoms with Gasteiger partial charge in [-0.05, 0) is 30.7 Å². The molecule has 0 saturated carbocycles. The van der Waals surface area contributed by atoms with Gasteiger partial charge in [-0.15, -0.1) is 0 Å². The molecule has 128 valence electrons. The van der Waals surface area contributed by atoms with E-state index in [4.69, 9.17) is 14.2 Å². The first-order valence-electron chi connectivity index (χ1n) is 8.18. The van der Waals surface area contributed by atoms with Crippen LogP contribution >= 0.6 is 0 Å². The molecule has 0 bridgehead atoms. The van der Waals surface area contributed by atoms with E-state index in [0.29, 0.717) is 12.2 Å². The minimum absolute atomic E-state index is 0.369. The third kappa shape index (κ3) is 4.01. The van der Waals surface area contributed by atoms with E-state index in [-0.39, 0.29) is 5.97 Å². The molecule has 3 rings (SSSR count). The number of methoxy groups -OCH3 is 1. The average molecular weight is 330 g/mol. The van der Waals surface area contributed by atoms with Crippen molar-refractivity contribution in [1.82, 2.24) is 9.88 Å². The molecular formula is C18H22N2O4. The van der Waals surface area contributed by atoms with Crippen LogP contribution in [0.3, 0.4) is 0 Å². The summed E-state index contributed by atoms with van der Waals surface area (Å²) in [6.07, 6.45) is 2.56. The van der Waals surface area contributed by atoms with E-state index in [1.807, 2.05) is 18.2 Å². The quantitative estimate of drug-likeness (QED) is 0.597. The summed E-state index contributed by atoms with van der Waals surface area (Å²) in [6.45, 7) is 5.25. The first kappa shape index (κ1) is 16.7. The Bertz CT molecular complexity index is 698. The van der Waals surface area contributed by atoms with Crippen molar-refractivity contribution in [3.8, 4) is 5.75 Å². The number of fused-ring (bicyclic) bond motifs is 1. The highest BCUT2D eigenvalue weighted by atomic mass is 16.5. The van der Waals surface area contributed by atoms with Crippen molar-refractivity contribution in [2.24, 2.45) is 0 Å². The Kier molecular flexibility index (Phi) is 5.61. The van der Waals surface area contributed by atoms with Crippen molar-refractivity contribution in [3.05, 3.63) is 36.0 Å². The highest BCUT2D eigenvalue weighted by Crippen LogP contribution is 2.23. The van der Waals surface area contributed by atoms with E-state index in [1.165, 1.54) is 7.11 Å². The molecule has 0 spiro atoms. The molecule has 6 nitrogen and oxygen atoms in total. The molecule has 24 heavy (non-hydrogen) atoms. The van der Waals surface area contributed by atoms with Gasteiger partial charge >= 0.3 is 5.97 Å². The summed E-state index contributed by atoms with van der Waals surface area (Å²) < 4.78 is 16.0. The van der Waals surface area contributed by atoms with Gasteiger partial charge in [-0.1, -0.05) is 0 Å². The van der Waals surface area contributed by atoms with Gasteiger partial charge in [0.05, 0.1) is 38.0 Å². The van der Waals surface area contributed by atoms with Crippen molar-refractivity contribution < 1.29 is 19.0 Å². The normalized spacial score (nSPS) is 15.4. The number of hydrogen-bond donors (Lipinski definition) is 0. The second-order valence-corrected chi connectivity index (χ2v) is 5.69. The predicted molar refractivity (Wildman–Crippen MR) is 90.5 cm³/mol. The Balaban J connectivity index is 1.61. The highest BCUT2D eigenvalue weighted by Gasteiger charge is 2.12. The van der Waals surface area contributed by atoms with Crippen molar-refractivity contribution >= 4 is 16.9 Å². The molecule has 1 saturated heterocycles. The highest BCUT2D eigenvalue weighted by molar-refractivity contribution is 6.03. The number of hydrogen-bond acceptors (Lipinski definition) is 6. The fraction of sp³-hybridized carbons (Fsp3) is 0.444. The van der Waals surface area contributed by atoms with Crippen LogP contribution in [0.25, 0.3) is 10.9 Å². The summed E-state index contributed by atoms with van der Waals surface area (Å²) in [5, 5.41) is 0.745. The van der Waals surface area contributed by atoms with Crippen LogP contribution in [0, 0.1) is 0 Å². The molecule has 1 aliphatic rings. The van der Waals surface area contributed by atoms with Crippen molar-refractivity contribution in [1.29, 1.82) is 0 Å². The topological polar surface area (TPSA) is 60.9 Å². The Labute approximate surface area is 141 Å². The van der Waals surface area contributed by atoms with E-state index in [0.717, 1.165) is 55.9 Å². The molecule has 1 aliphatic heterocycles. The van der Waals surface area contributed by atoms with Gasteiger partial charge in [0.25, 0.3) is 0 Å². The fourth-order valence-corrected chi connectivity index (χ4v) is 2.81. The van der Waals surface area contributed by atoms with E-state index >= 15 is 0 Å². The standard InChI is InChI=1S/C18H22N2O4/c1-22-18(21)15-5-6-19-17-4-3-14(13-16(15)17)24-10-2-7-20-8-11-23-12-9-20/h3-6,13H,2,7-12H2,1H3. The van der Waals surface area contributed by atoms with E-state index < -0.39 is 0 Å². The molecule has 0 aliphatic carbocycles. The first-order valence-corrected chi connectivity index (χ1v) is 8.18. The smallest absolute Gasteiger partial charge is 0.338 e. The Morgan fingerprint density at radius 2 is 2.12 bits per heavy atom. The lowest BCUT2D eigenvalue weighted by atomic mass is 10.1. The summed E-state index contributed by atoms with van der Waals surface area (Å²) in [4.78, 5) is 18.5. The minimum atomic E-state index is -0.369. The molecule has 0 N–H and O–H groups in total. The maximum atomic E-state index is 11.9.